The van der Waals surface area contributed by atoms with Crippen LogP contribution in [0.2, 0.25) is 16.6 Å². The molecule has 2 rings (SSSR count). The molecule has 0 saturated carbocycles. The van der Waals surface area contributed by atoms with Gasteiger partial charge in [0, 0.05) is 5.56 Å². The molecule has 0 amide bonds. The SMILES string of the molecule is CC(C)[Si](C#CC(=O)c1ccc(-c2ccccc2)cc1)(C(C)C)C(C)C. The molecule has 0 saturated heterocycles. The largest absolute Gasteiger partial charge is 0.279 e. The lowest BCUT2D eigenvalue weighted by Gasteiger charge is -2.37. The van der Waals surface area contributed by atoms with Gasteiger partial charge in [-0.15, -0.1) is 5.54 Å². The molecular formula is C24H30OSi. The van der Waals surface area contributed by atoms with Gasteiger partial charge in [0.15, 0.2) is 0 Å². The minimum absolute atomic E-state index is 0.0663. The molecule has 0 N–H and O–H groups in total. The molecule has 0 atom stereocenters. The summed E-state index contributed by atoms with van der Waals surface area (Å²) in [6.07, 6.45) is 0. The Morgan fingerprint density at radius 2 is 1.19 bits per heavy atom. The molecule has 0 aromatic heterocycles. The lowest BCUT2D eigenvalue weighted by Crippen LogP contribution is -2.43. The van der Waals surface area contributed by atoms with Crippen molar-refractivity contribution in [2.24, 2.45) is 0 Å². The van der Waals surface area contributed by atoms with Crippen molar-refractivity contribution in [3.63, 3.8) is 0 Å². The molecule has 0 fully saturated rings. The van der Waals surface area contributed by atoms with Crippen LogP contribution < -0.4 is 0 Å². The molecule has 0 bridgehead atoms. The maximum Gasteiger partial charge on any atom is 0.235 e. The van der Waals surface area contributed by atoms with Gasteiger partial charge < -0.3 is 0 Å². The first-order valence-electron chi connectivity index (χ1n) is 9.52. The van der Waals surface area contributed by atoms with Crippen molar-refractivity contribution in [3.05, 3.63) is 60.2 Å². The van der Waals surface area contributed by atoms with Crippen LogP contribution in [0.5, 0.6) is 0 Å². The second-order valence-electron chi connectivity index (χ2n) is 7.92. The number of rotatable bonds is 5. The first kappa shape index (κ1) is 20.2. The van der Waals surface area contributed by atoms with Crippen LogP contribution in [-0.4, -0.2) is 13.9 Å². The molecule has 2 heteroatoms. The van der Waals surface area contributed by atoms with Crippen LogP contribution in [0.25, 0.3) is 11.1 Å². The molecule has 136 valence electrons. The molecule has 1 nitrogen and oxygen atoms in total. The normalized spacial score (nSPS) is 11.6. The molecule has 26 heavy (non-hydrogen) atoms. The molecule has 0 spiro atoms. The van der Waals surface area contributed by atoms with E-state index in [9.17, 15) is 4.79 Å². The second kappa shape index (κ2) is 8.51. The predicted molar refractivity (Wildman–Crippen MR) is 115 cm³/mol. The zero-order valence-corrected chi connectivity index (χ0v) is 17.8. The third-order valence-corrected chi connectivity index (χ3v) is 11.8. The summed E-state index contributed by atoms with van der Waals surface area (Å²) in [5.74, 6) is 2.95. The highest BCUT2D eigenvalue weighted by molar-refractivity contribution is 6.90. The Labute approximate surface area is 159 Å². The monoisotopic (exact) mass is 362 g/mol. The van der Waals surface area contributed by atoms with Gasteiger partial charge in [0.2, 0.25) is 5.78 Å². The van der Waals surface area contributed by atoms with Crippen LogP contribution in [0.4, 0.5) is 0 Å². The Morgan fingerprint density at radius 1 is 0.731 bits per heavy atom. The first-order chi connectivity index (χ1) is 12.3. The Balaban J connectivity index is 2.29. The molecular weight excluding hydrogens is 332 g/mol. The fourth-order valence-corrected chi connectivity index (χ4v) is 9.31. The summed E-state index contributed by atoms with van der Waals surface area (Å²) < 4.78 is 0. The van der Waals surface area contributed by atoms with Gasteiger partial charge in [-0.3, -0.25) is 4.79 Å². The molecule has 0 aliphatic rings. The number of ketones is 1. The van der Waals surface area contributed by atoms with Gasteiger partial charge in [-0.2, -0.15) is 0 Å². The average molecular weight is 363 g/mol. The summed E-state index contributed by atoms with van der Waals surface area (Å²) in [5, 5.41) is 0. The van der Waals surface area contributed by atoms with Gasteiger partial charge in [-0.05, 0) is 45.8 Å². The molecule has 0 unspecified atom stereocenters. The van der Waals surface area contributed by atoms with Crippen LogP contribution in [0, 0.1) is 11.5 Å². The van der Waals surface area contributed by atoms with Gasteiger partial charge >= 0.3 is 0 Å². The fourth-order valence-electron chi connectivity index (χ4n) is 4.11. The Morgan fingerprint density at radius 3 is 1.65 bits per heavy atom. The standard InChI is InChI=1S/C24H30OSi/c1-18(2)26(19(3)4,20(5)6)17-16-24(25)23-14-12-22(13-15-23)21-10-8-7-9-11-21/h7-15,18-20H,1-6H3. The minimum atomic E-state index is -1.87. The number of hydrogen-bond acceptors (Lipinski definition) is 1. The first-order valence-corrected chi connectivity index (χ1v) is 11.7. The lowest BCUT2D eigenvalue weighted by molar-refractivity contribution is 0.105. The third-order valence-electron chi connectivity index (χ3n) is 5.51. The number of Topliss-reactive ketones (excluding diaryl/α,β-unsaturated/α-hetero) is 1. The summed E-state index contributed by atoms with van der Waals surface area (Å²) in [6.45, 7) is 13.6. The third kappa shape index (κ3) is 4.16. The van der Waals surface area contributed by atoms with Gasteiger partial charge in [-0.1, -0.05) is 84.0 Å². The number of carbonyl (C=O) groups is 1. The molecule has 2 aromatic rings. The summed E-state index contributed by atoms with van der Waals surface area (Å²) in [6, 6.07) is 18.0. The van der Waals surface area contributed by atoms with E-state index in [-0.39, 0.29) is 5.78 Å². The second-order valence-corrected chi connectivity index (χ2v) is 13.5. The van der Waals surface area contributed by atoms with Crippen LogP contribution in [-0.2, 0) is 0 Å². The summed E-state index contributed by atoms with van der Waals surface area (Å²) in [4.78, 5) is 12.7. The van der Waals surface area contributed by atoms with Crippen LogP contribution >= 0.6 is 0 Å². The molecule has 2 aromatic carbocycles. The molecule has 0 aliphatic carbocycles. The van der Waals surface area contributed by atoms with E-state index in [1.54, 1.807) is 0 Å². The molecule has 0 heterocycles. The predicted octanol–water partition coefficient (Wildman–Crippen LogP) is 6.76. The highest BCUT2D eigenvalue weighted by Crippen LogP contribution is 2.40. The van der Waals surface area contributed by atoms with Crippen molar-refractivity contribution in [2.45, 2.75) is 58.2 Å². The van der Waals surface area contributed by atoms with Crippen molar-refractivity contribution < 1.29 is 4.79 Å². The lowest BCUT2D eigenvalue weighted by atomic mass is 10.0. The highest BCUT2D eigenvalue weighted by atomic mass is 28.3. The van der Waals surface area contributed by atoms with E-state index in [1.165, 1.54) is 0 Å². The van der Waals surface area contributed by atoms with E-state index in [1.807, 2.05) is 42.5 Å². The summed E-state index contributed by atoms with van der Waals surface area (Å²) >= 11 is 0. The van der Waals surface area contributed by atoms with Gasteiger partial charge in [-0.25, -0.2) is 0 Å². The molecule has 0 aliphatic heterocycles. The summed E-state index contributed by atoms with van der Waals surface area (Å²) in [5.41, 5.74) is 8.06. The Bertz CT molecular complexity index is 768. The zero-order valence-electron chi connectivity index (χ0n) is 16.8. The van der Waals surface area contributed by atoms with Gasteiger partial charge in [0.1, 0.15) is 8.07 Å². The minimum Gasteiger partial charge on any atom is -0.279 e. The Hall–Kier alpha value is -2.11. The highest BCUT2D eigenvalue weighted by Gasteiger charge is 2.41. The molecule has 0 radical (unpaired) electrons. The smallest absolute Gasteiger partial charge is 0.235 e. The van der Waals surface area contributed by atoms with Crippen molar-refractivity contribution in [2.75, 3.05) is 0 Å². The Kier molecular flexibility index (Phi) is 6.61. The fraction of sp³-hybridized carbons (Fsp3) is 0.375. The van der Waals surface area contributed by atoms with Crippen LogP contribution in [0.3, 0.4) is 0 Å². The summed E-state index contributed by atoms with van der Waals surface area (Å²) in [7, 11) is -1.87. The van der Waals surface area contributed by atoms with Crippen molar-refractivity contribution in [1.82, 2.24) is 0 Å². The van der Waals surface area contributed by atoms with E-state index in [4.69, 9.17) is 0 Å². The quantitative estimate of drug-likeness (QED) is 0.326. The topological polar surface area (TPSA) is 17.1 Å². The van der Waals surface area contributed by atoms with E-state index in [0.717, 1.165) is 11.1 Å². The maximum atomic E-state index is 12.7. The number of hydrogen-bond donors (Lipinski definition) is 0. The van der Waals surface area contributed by atoms with Crippen molar-refractivity contribution >= 4 is 13.9 Å². The van der Waals surface area contributed by atoms with E-state index < -0.39 is 8.07 Å². The van der Waals surface area contributed by atoms with E-state index in [0.29, 0.717) is 22.2 Å². The van der Waals surface area contributed by atoms with Gasteiger partial charge in [0.05, 0.1) is 0 Å². The van der Waals surface area contributed by atoms with Gasteiger partial charge in [0.25, 0.3) is 0 Å². The zero-order chi connectivity index (χ0) is 19.3. The average Bonchev–Trinajstić information content (AvgIpc) is 2.62. The number of benzene rings is 2. The van der Waals surface area contributed by atoms with E-state index in [2.05, 4.69) is 65.1 Å². The van der Waals surface area contributed by atoms with Crippen LogP contribution in [0.15, 0.2) is 54.6 Å². The maximum absolute atomic E-state index is 12.7. The van der Waals surface area contributed by atoms with Crippen LogP contribution in [0.1, 0.15) is 51.9 Å². The number of carbonyl (C=O) groups excluding carboxylic acids is 1. The van der Waals surface area contributed by atoms with Crippen molar-refractivity contribution in [3.8, 4) is 22.6 Å². The van der Waals surface area contributed by atoms with Crippen molar-refractivity contribution in [1.29, 1.82) is 0 Å². The van der Waals surface area contributed by atoms with E-state index >= 15 is 0 Å².